The number of hydrogen-bond acceptors (Lipinski definition) is 5. The molecule has 0 aliphatic heterocycles. The maximum atomic E-state index is 11.3. The number of benzene rings is 2. The second-order valence-corrected chi connectivity index (χ2v) is 6.77. The van der Waals surface area contributed by atoms with Crippen LogP contribution in [0.3, 0.4) is 0 Å². The maximum absolute atomic E-state index is 11.3. The second kappa shape index (κ2) is 9.03. The Morgan fingerprint density at radius 3 is 2.58 bits per heavy atom. The summed E-state index contributed by atoms with van der Waals surface area (Å²) in [7, 11) is 1.37. The third-order valence-electron chi connectivity index (χ3n) is 3.91. The molecule has 0 saturated carbocycles. The Kier molecular flexibility index (Phi) is 7.03. The van der Waals surface area contributed by atoms with E-state index in [2.05, 4.69) is 10.1 Å². The summed E-state index contributed by atoms with van der Waals surface area (Å²) in [5.41, 5.74) is 0.321. The van der Waals surface area contributed by atoms with Crippen LogP contribution in [0.15, 0.2) is 48.5 Å². The third-order valence-corrected chi connectivity index (χ3v) is 4.15. The molecule has 2 rings (SSSR count). The van der Waals surface area contributed by atoms with Gasteiger partial charge in [-0.2, -0.15) is 0 Å². The molecule has 2 aromatic rings. The highest BCUT2D eigenvalue weighted by molar-refractivity contribution is 6.30. The Labute approximate surface area is 158 Å². The monoisotopic (exact) mass is 377 g/mol. The first-order valence-corrected chi connectivity index (χ1v) is 8.72. The van der Waals surface area contributed by atoms with Gasteiger partial charge in [-0.15, -0.1) is 0 Å². The lowest BCUT2D eigenvalue weighted by atomic mass is 10.0. The fourth-order valence-corrected chi connectivity index (χ4v) is 2.75. The molecule has 0 bridgehead atoms. The van der Waals surface area contributed by atoms with Gasteiger partial charge in [0.1, 0.15) is 18.1 Å². The topological polar surface area (TPSA) is 67.8 Å². The Balaban J connectivity index is 1.88. The van der Waals surface area contributed by atoms with Crippen molar-refractivity contribution in [3.8, 4) is 5.75 Å². The minimum Gasteiger partial charge on any atom is -0.492 e. The van der Waals surface area contributed by atoms with Crippen LogP contribution in [0.25, 0.3) is 0 Å². The van der Waals surface area contributed by atoms with Crippen molar-refractivity contribution in [2.75, 3.05) is 13.7 Å². The third kappa shape index (κ3) is 6.02. The molecule has 6 heteroatoms. The molecule has 0 spiro atoms. The van der Waals surface area contributed by atoms with Gasteiger partial charge in [-0.05, 0) is 49.2 Å². The van der Waals surface area contributed by atoms with Crippen molar-refractivity contribution < 1.29 is 19.4 Å². The van der Waals surface area contributed by atoms with Crippen molar-refractivity contribution in [1.82, 2.24) is 5.32 Å². The average Bonchev–Trinajstić information content (AvgIpc) is 2.60. The van der Waals surface area contributed by atoms with E-state index in [1.165, 1.54) is 7.11 Å². The molecule has 2 unspecified atom stereocenters. The number of nitrogens with one attached hydrogen (secondary N) is 1. The molecule has 0 fully saturated rings. The second-order valence-electron chi connectivity index (χ2n) is 6.34. The van der Waals surface area contributed by atoms with E-state index in [4.69, 9.17) is 16.3 Å². The molecule has 0 amide bonds. The summed E-state index contributed by atoms with van der Waals surface area (Å²) in [5, 5.41) is 14.3. The molecule has 2 atom stereocenters. The molecule has 0 aliphatic carbocycles. The normalized spacial score (nSPS) is 14.3. The van der Waals surface area contributed by atoms with E-state index in [0.29, 0.717) is 22.9 Å². The number of ether oxygens (including phenoxy) is 2. The Bertz CT molecular complexity index is 731. The highest BCUT2D eigenvalue weighted by atomic mass is 35.5. The van der Waals surface area contributed by atoms with Crippen LogP contribution in [-0.2, 0) is 21.7 Å². The van der Waals surface area contributed by atoms with E-state index in [0.717, 1.165) is 5.56 Å². The van der Waals surface area contributed by atoms with Crippen LogP contribution in [-0.4, -0.2) is 30.8 Å². The molecule has 5 nitrogen and oxygen atoms in total. The van der Waals surface area contributed by atoms with E-state index in [9.17, 15) is 9.90 Å². The molecule has 0 saturated heterocycles. The van der Waals surface area contributed by atoms with Gasteiger partial charge in [0, 0.05) is 11.1 Å². The highest BCUT2D eigenvalue weighted by Gasteiger charge is 2.25. The molecule has 140 valence electrons. The average molecular weight is 378 g/mol. The fourth-order valence-electron chi connectivity index (χ4n) is 2.56. The summed E-state index contributed by atoms with van der Waals surface area (Å²) in [6.45, 7) is 3.97. The SMILES string of the molecule is COC(=O)Cc1ccc(OCC(C)NC(C)(O)c2cccc(Cl)c2)cc1. The number of aliphatic hydroxyl groups is 1. The summed E-state index contributed by atoms with van der Waals surface area (Å²) in [6, 6.07) is 14.2. The zero-order chi connectivity index (χ0) is 19.2. The molecule has 26 heavy (non-hydrogen) atoms. The first-order chi connectivity index (χ1) is 12.3. The molecule has 0 radical (unpaired) electrons. The molecule has 0 aliphatic rings. The van der Waals surface area contributed by atoms with Crippen LogP contribution in [0.5, 0.6) is 5.75 Å². The number of rotatable bonds is 8. The van der Waals surface area contributed by atoms with Gasteiger partial charge in [0.15, 0.2) is 0 Å². The predicted molar refractivity (Wildman–Crippen MR) is 101 cm³/mol. The standard InChI is InChI=1S/C20H24ClNO4/c1-14(22-20(2,24)16-5-4-6-17(21)12-16)13-26-18-9-7-15(8-10-18)11-19(23)25-3/h4-10,12,14,22,24H,11,13H2,1-3H3. The molecular formula is C20H24ClNO4. The minimum absolute atomic E-state index is 0.112. The van der Waals surface area contributed by atoms with Gasteiger partial charge in [0.25, 0.3) is 0 Å². The van der Waals surface area contributed by atoms with Crippen LogP contribution in [0, 0.1) is 0 Å². The lowest BCUT2D eigenvalue weighted by Gasteiger charge is -2.29. The number of carbonyl (C=O) groups is 1. The number of halogens is 1. The molecule has 2 N–H and O–H groups in total. The Morgan fingerprint density at radius 1 is 1.27 bits per heavy atom. The lowest BCUT2D eigenvalue weighted by molar-refractivity contribution is -0.139. The van der Waals surface area contributed by atoms with Crippen molar-refractivity contribution in [1.29, 1.82) is 0 Å². The summed E-state index contributed by atoms with van der Waals surface area (Å²) in [4.78, 5) is 11.3. The zero-order valence-corrected chi connectivity index (χ0v) is 15.9. The zero-order valence-electron chi connectivity index (χ0n) is 15.2. The smallest absolute Gasteiger partial charge is 0.309 e. The fraction of sp³-hybridized carbons (Fsp3) is 0.350. The van der Waals surface area contributed by atoms with Crippen molar-refractivity contribution in [2.24, 2.45) is 0 Å². The molecular weight excluding hydrogens is 354 g/mol. The van der Waals surface area contributed by atoms with Crippen LogP contribution >= 0.6 is 11.6 Å². The number of methoxy groups -OCH3 is 1. The summed E-state index contributed by atoms with van der Waals surface area (Å²) < 4.78 is 10.4. The van der Waals surface area contributed by atoms with Crippen molar-refractivity contribution in [3.63, 3.8) is 0 Å². The maximum Gasteiger partial charge on any atom is 0.309 e. The lowest BCUT2D eigenvalue weighted by Crippen LogP contribution is -2.46. The molecule has 0 heterocycles. The van der Waals surface area contributed by atoms with Gasteiger partial charge >= 0.3 is 5.97 Å². The van der Waals surface area contributed by atoms with E-state index >= 15 is 0 Å². The van der Waals surface area contributed by atoms with Crippen LogP contribution in [0.2, 0.25) is 5.02 Å². The van der Waals surface area contributed by atoms with E-state index in [-0.39, 0.29) is 18.4 Å². The quantitative estimate of drug-likeness (QED) is 0.546. The van der Waals surface area contributed by atoms with Gasteiger partial charge in [-0.25, -0.2) is 0 Å². The van der Waals surface area contributed by atoms with E-state index < -0.39 is 5.72 Å². The Hall–Kier alpha value is -2.08. The summed E-state index contributed by atoms with van der Waals surface area (Å²) in [5.74, 6) is 0.411. The van der Waals surface area contributed by atoms with Crippen LogP contribution in [0.1, 0.15) is 25.0 Å². The van der Waals surface area contributed by atoms with Crippen LogP contribution in [0.4, 0.5) is 0 Å². The van der Waals surface area contributed by atoms with Gasteiger partial charge in [0.05, 0.1) is 13.5 Å². The number of carbonyl (C=O) groups excluding carboxylic acids is 1. The Morgan fingerprint density at radius 2 is 1.96 bits per heavy atom. The minimum atomic E-state index is -1.22. The van der Waals surface area contributed by atoms with E-state index in [1.54, 1.807) is 37.3 Å². The first kappa shape index (κ1) is 20.2. The molecule has 2 aromatic carbocycles. The molecule has 0 aromatic heterocycles. The van der Waals surface area contributed by atoms with Crippen molar-refractivity contribution >= 4 is 17.6 Å². The van der Waals surface area contributed by atoms with Crippen molar-refractivity contribution in [2.45, 2.75) is 32.0 Å². The highest BCUT2D eigenvalue weighted by Crippen LogP contribution is 2.22. The van der Waals surface area contributed by atoms with Gasteiger partial charge in [0.2, 0.25) is 0 Å². The predicted octanol–water partition coefficient (Wildman–Crippen LogP) is 3.28. The summed E-state index contributed by atoms with van der Waals surface area (Å²) in [6.07, 6.45) is 0.233. The number of hydrogen-bond donors (Lipinski definition) is 2. The van der Waals surface area contributed by atoms with Crippen molar-refractivity contribution in [3.05, 3.63) is 64.7 Å². The van der Waals surface area contributed by atoms with Gasteiger partial charge in [-0.3, -0.25) is 10.1 Å². The first-order valence-electron chi connectivity index (χ1n) is 8.35. The van der Waals surface area contributed by atoms with Crippen LogP contribution < -0.4 is 10.1 Å². The van der Waals surface area contributed by atoms with E-state index in [1.807, 2.05) is 25.1 Å². The summed E-state index contributed by atoms with van der Waals surface area (Å²) >= 11 is 5.99. The van der Waals surface area contributed by atoms with Gasteiger partial charge in [-0.1, -0.05) is 35.9 Å². The number of esters is 1. The largest absolute Gasteiger partial charge is 0.492 e. The van der Waals surface area contributed by atoms with Gasteiger partial charge < -0.3 is 14.6 Å².